The van der Waals surface area contributed by atoms with E-state index >= 15 is 0 Å². The number of rotatable bonds is 0. The molecular formula is C10H3ClF5N. The van der Waals surface area contributed by atoms with Crippen LogP contribution in [0.25, 0.3) is 10.9 Å². The summed E-state index contributed by atoms with van der Waals surface area (Å²) in [5.41, 5.74) is -1.59. The standard InChI is InChI=1S/C10H3ClF5N/c11-5-2-9(10(14,15)16)17-8-3-7(13)6(12)1-4(5)8/h1-3H. The molecule has 2 aromatic rings. The van der Waals surface area contributed by atoms with E-state index in [9.17, 15) is 22.0 Å². The minimum atomic E-state index is -4.69. The first-order chi connectivity index (χ1) is 7.79. The van der Waals surface area contributed by atoms with Crippen LogP contribution in [0, 0.1) is 11.6 Å². The van der Waals surface area contributed by atoms with Gasteiger partial charge >= 0.3 is 6.18 Å². The number of fused-ring (bicyclic) bond motifs is 1. The van der Waals surface area contributed by atoms with Crippen LogP contribution in [0.5, 0.6) is 0 Å². The van der Waals surface area contributed by atoms with Crippen molar-refractivity contribution in [2.24, 2.45) is 0 Å². The molecule has 2 rings (SSSR count). The molecule has 0 aliphatic carbocycles. The van der Waals surface area contributed by atoms with Gasteiger partial charge in [-0.05, 0) is 12.1 Å². The molecule has 0 atom stereocenters. The number of hydrogen-bond acceptors (Lipinski definition) is 1. The summed E-state index contributed by atoms with van der Waals surface area (Å²) in [7, 11) is 0. The minimum Gasteiger partial charge on any atom is -0.243 e. The maximum atomic E-state index is 12.9. The van der Waals surface area contributed by atoms with E-state index in [4.69, 9.17) is 11.6 Å². The monoisotopic (exact) mass is 267 g/mol. The van der Waals surface area contributed by atoms with Gasteiger partial charge in [0.25, 0.3) is 0 Å². The summed E-state index contributed by atoms with van der Waals surface area (Å²) in [5.74, 6) is -2.47. The SMILES string of the molecule is Fc1cc2nc(C(F)(F)F)cc(Cl)c2cc1F. The molecule has 90 valence electrons. The van der Waals surface area contributed by atoms with Gasteiger partial charge in [0.1, 0.15) is 5.69 Å². The first-order valence-corrected chi connectivity index (χ1v) is 4.69. The number of hydrogen-bond donors (Lipinski definition) is 0. The minimum absolute atomic E-state index is 0.0708. The molecule has 0 fully saturated rings. The van der Waals surface area contributed by atoms with Gasteiger partial charge in [-0.3, -0.25) is 0 Å². The van der Waals surface area contributed by atoms with Crippen LogP contribution < -0.4 is 0 Å². The Balaban J connectivity index is 2.78. The number of nitrogens with zero attached hydrogens (tertiary/aromatic N) is 1. The van der Waals surface area contributed by atoms with Crippen molar-refractivity contribution < 1.29 is 22.0 Å². The van der Waals surface area contributed by atoms with E-state index in [1.165, 1.54) is 0 Å². The maximum Gasteiger partial charge on any atom is 0.433 e. The van der Waals surface area contributed by atoms with Crippen molar-refractivity contribution in [3.05, 3.63) is 40.6 Å². The van der Waals surface area contributed by atoms with E-state index in [0.717, 1.165) is 0 Å². The first-order valence-electron chi connectivity index (χ1n) is 4.31. The Morgan fingerprint density at radius 3 is 2.18 bits per heavy atom. The van der Waals surface area contributed by atoms with Crippen molar-refractivity contribution in [1.29, 1.82) is 0 Å². The van der Waals surface area contributed by atoms with E-state index in [0.29, 0.717) is 18.2 Å². The Labute approximate surface area is 96.8 Å². The molecule has 0 amide bonds. The highest BCUT2D eigenvalue weighted by Crippen LogP contribution is 2.33. The average molecular weight is 268 g/mol. The predicted octanol–water partition coefficient (Wildman–Crippen LogP) is 4.19. The van der Waals surface area contributed by atoms with Crippen molar-refractivity contribution in [3.63, 3.8) is 0 Å². The second-order valence-corrected chi connectivity index (χ2v) is 3.68. The maximum absolute atomic E-state index is 12.9. The zero-order valence-corrected chi connectivity index (χ0v) is 8.70. The van der Waals surface area contributed by atoms with E-state index in [2.05, 4.69) is 4.98 Å². The molecule has 0 N–H and O–H groups in total. The summed E-state index contributed by atoms with van der Waals surface area (Å²) in [6.45, 7) is 0. The third kappa shape index (κ3) is 2.17. The molecule has 0 unspecified atom stereocenters. The van der Waals surface area contributed by atoms with E-state index < -0.39 is 23.5 Å². The summed E-state index contributed by atoms with van der Waals surface area (Å²) in [5, 5.41) is -0.403. The lowest BCUT2D eigenvalue weighted by molar-refractivity contribution is -0.140. The van der Waals surface area contributed by atoms with Gasteiger partial charge in [-0.15, -0.1) is 0 Å². The van der Waals surface area contributed by atoms with Crippen molar-refractivity contribution in [2.45, 2.75) is 6.18 Å². The van der Waals surface area contributed by atoms with Crippen LogP contribution in [0.1, 0.15) is 5.69 Å². The van der Waals surface area contributed by atoms with Crippen molar-refractivity contribution in [3.8, 4) is 0 Å². The largest absolute Gasteiger partial charge is 0.433 e. The molecule has 17 heavy (non-hydrogen) atoms. The first kappa shape index (κ1) is 12.0. The fourth-order valence-corrected chi connectivity index (χ4v) is 1.58. The zero-order chi connectivity index (χ0) is 12.8. The molecule has 7 heteroatoms. The summed E-state index contributed by atoms with van der Waals surface area (Å²) in [6.07, 6.45) is -4.69. The predicted molar refractivity (Wildman–Crippen MR) is 51.7 cm³/mol. The molecule has 0 spiro atoms. The van der Waals surface area contributed by atoms with Crippen LogP contribution in [-0.2, 0) is 6.18 Å². The fourth-order valence-electron chi connectivity index (χ4n) is 1.33. The number of halogens is 6. The average Bonchev–Trinajstić information content (AvgIpc) is 2.19. The van der Waals surface area contributed by atoms with Gasteiger partial charge < -0.3 is 0 Å². The van der Waals surface area contributed by atoms with E-state index in [-0.39, 0.29) is 15.9 Å². The summed E-state index contributed by atoms with van der Waals surface area (Å²) < 4.78 is 62.9. The molecule has 0 saturated carbocycles. The molecule has 0 radical (unpaired) electrons. The molecule has 1 aromatic carbocycles. The summed E-state index contributed by atoms with van der Waals surface area (Å²) in [4.78, 5) is 3.19. The quantitative estimate of drug-likeness (QED) is 0.652. The van der Waals surface area contributed by atoms with Gasteiger partial charge in [0.2, 0.25) is 0 Å². The van der Waals surface area contributed by atoms with Gasteiger partial charge in [-0.1, -0.05) is 11.6 Å². The van der Waals surface area contributed by atoms with E-state index in [1.807, 2.05) is 0 Å². The normalized spacial score (nSPS) is 12.1. The molecule has 1 nitrogen and oxygen atoms in total. The van der Waals surface area contributed by atoms with Crippen LogP contribution >= 0.6 is 11.6 Å². The second-order valence-electron chi connectivity index (χ2n) is 3.27. The molecule has 0 bridgehead atoms. The van der Waals surface area contributed by atoms with Gasteiger partial charge in [-0.25, -0.2) is 13.8 Å². The third-order valence-corrected chi connectivity index (χ3v) is 2.40. The highest BCUT2D eigenvalue weighted by Gasteiger charge is 2.33. The molecular weight excluding hydrogens is 265 g/mol. The van der Waals surface area contributed by atoms with Crippen molar-refractivity contribution >= 4 is 22.5 Å². The van der Waals surface area contributed by atoms with Gasteiger partial charge in [0.05, 0.1) is 10.5 Å². The Kier molecular flexibility index (Phi) is 2.69. The molecule has 1 aromatic heterocycles. The topological polar surface area (TPSA) is 12.9 Å². The lowest BCUT2D eigenvalue weighted by atomic mass is 10.2. The molecule has 0 aliphatic heterocycles. The lowest BCUT2D eigenvalue weighted by Gasteiger charge is -2.08. The Morgan fingerprint density at radius 1 is 1.00 bits per heavy atom. The van der Waals surface area contributed by atoms with Crippen molar-refractivity contribution in [1.82, 2.24) is 4.98 Å². The Morgan fingerprint density at radius 2 is 1.59 bits per heavy atom. The van der Waals surface area contributed by atoms with Gasteiger partial charge in [0.15, 0.2) is 11.6 Å². The smallest absolute Gasteiger partial charge is 0.243 e. The fraction of sp³-hybridized carbons (Fsp3) is 0.100. The lowest BCUT2D eigenvalue weighted by Crippen LogP contribution is -2.08. The Hall–Kier alpha value is -1.43. The Bertz CT molecular complexity index is 593. The molecule has 0 aliphatic rings. The number of alkyl halides is 3. The zero-order valence-electron chi connectivity index (χ0n) is 7.95. The second kappa shape index (κ2) is 3.80. The summed E-state index contributed by atoms with van der Waals surface area (Å²) in [6, 6.07) is 1.85. The number of pyridine rings is 1. The highest BCUT2D eigenvalue weighted by molar-refractivity contribution is 6.35. The summed E-state index contributed by atoms with van der Waals surface area (Å²) >= 11 is 5.56. The van der Waals surface area contributed by atoms with Crippen LogP contribution in [0.3, 0.4) is 0 Å². The third-order valence-electron chi connectivity index (χ3n) is 2.09. The number of benzene rings is 1. The van der Waals surface area contributed by atoms with Crippen molar-refractivity contribution in [2.75, 3.05) is 0 Å². The molecule has 1 heterocycles. The van der Waals surface area contributed by atoms with E-state index in [1.54, 1.807) is 0 Å². The van der Waals surface area contributed by atoms with Crippen LogP contribution in [-0.4, -0.2) is 4.98 Å². The van der Waals surface area contributed by atoms with Crippen LogP contribution in [0.15, 0.2) is 18.2 Å². The van der Waals surface area contributed by atoms with Gasteiger partial charge in [0, 0.05) is 11.5 Å². The molecule has 0 saturated heterocycles. The van der Waals surface area contributed by atoms with Gasteiger partial charge in [-0.2, -0.15) is 13.2 Å². The van der Waals surface area contributed by atoms with Crippen LogP contribution in [0.2, 0.25) is 5.02 Å². The number of aromatic nitrogens is 1. The van der Waals surface area contributed by atoms with Crippen LogP contribution in [0.4, 0.5) is 22.0 Å². The highest BCUT2D eigenvalue weighted by atomic mass is 35.5.